The molecule has 0 heterocycles. The average Bonchev–Trinajstić information content (AvgIpc) is 2.51. The highest BCUT2D eigenvalue weighted by Crippen LogP contribution is 2.20. The summed E-state index contributed by atoms with van der Waals surface area (Å²) in [5.41, 5.74) is 1.26. The van der Waals surface area contributed by atoms with Crippen molar-refractivity contribution in [3.8, 4) is 5.75 Å². The van der Waals surface area contributed by atoms with Crippen LogP contribution in [-0.4, -0.2) is 12.4 Å². The van der Waals surface area contributed by atoms with E-state index in [0.717, 1.165) is 31.3 Å². The molecule has 0 saturated heterocycles. The Morgan fingerprint density at radius 3 is 2.50 bits per heavy atom. The lowest BCUT2D eigenvalue weighted by molar-refractivity contribution is -0.107. The SMILES string of the molecule is CC.CCC=O.Cc1cccc(OC2CC=CCC2)c1. The molecule has 112 valence electrons. The third kappa shape index (κ3) is 8.52. The average molecular weight is 276 g/mol. The summed E-state index contributed by atoms with van der Waals surface area (Å²) in [6.45, 7) is 7.90. The fourth-order valence-corrected chi connectivity index (χ4v) is 1.75. The predicted octanol–water partition coefficient (Wildman–Crippen LogP) is 5.10. The Balaban J connectivity index is 0.000000521. The van der Waals surface area contributed by atoms with Crippen LogP contribution >= 0.6 is 0 Å². The van der Waals surface area contributed by atoms with Crippen LogP contribution in [0.4, 0.5) is 0 Å². The number of allylic oxidation sites excluding steroid dienone is 1. The second-order valence-electron chi connectivity index (χ2n) is 4.42. The van der Waals surface area contributed by atoms with Crippen molar-refractivity contribution in [3.05, 3.63) is 42.0 Å². The van der Waals surface area contributed by atoms with Crippen molar-refractivity contribution in [1.82, 2.24) is 0 Å². The first kappa shape index (κ1) is 18.4. The van der Waals surface area contributed by atoms with Gasteiger partial charge in [-0.1, -0.05) is 45.1 Å². The van der Waals surface area contributed by atoms with Crippen LogP contribution in [-0.2, 0) is 4.79 Å². The van der Waals surface area contributed by atoms with E-state index in [1.165, 1.54) is 5.56 Å². The molecule has 20 heavy (non-hydrogen) atoms. The van der Waals surface area contributed by atoms with Gasteiger partial charge in [-0.15, -0.1) is 0 Å². The molecule has 1 aromatic rings. The van der Waals surface area contributed by atoms with Crippen molar-refractivity contribution >= 4 is 6.29 Å². The predicted molar refractivity (Wildman–Crippen MR) is 86.3 cm³/mol. The lowest BCUT2D eigenvalue weighted by Gasteiger charge is -2.19. The van der Waals surface area contributed by atoms with Gasteiger partial charge in [0.1, 0.15) is 18.1 Å². The van der Waals surface area contributed by atoms with E-state index in [4.69, 9.17) is 4.74 Å². The van der Waals surface area contributed by atoms with Crippen LogP contribution < -0.4 is 4.74 Å². The van der Waals surface area contributed by atoms with Gasteiger partial charge in [-0.05, 0) is 37.5 Å². The third-order valence-corrected chi connectivity index (χ3v) is 2.68. The van der Waals surface area contributed by atoms with Crippen LogP contribution in [0.1, 0.15) is 52.0 Å². The van der Waals surface area contributed by atoms with E-state index in [1.54, 1.807) is 0 Å². The largest absolute Gasteiger partial charge is 0.490 e. The number of ether oxygens (including phenoxy) is 1. The van der Waals surface area contributed by atoms with Gasteiger partial charge in [0, 0.05) is 12.8 Å². The van der Waals surface area contributed by atoms with Gasteiger partial charge in [0.2, 0.25) is 0 Å². The summed E-state index contributed by atoms with van der Waals surface area (Å²) in [5.74, 6) is 1.00. The molecule has 0 bridgehead atoms. The number of aryl methyl sites for hydroxylation is 1. The van der Waals surface area contributed by atoms with Gasteiger partial charge in [0.15, 0.2) is 0 Å². The monoisotopic (exact) mass is 276 g/mol. The molecule has 1 atom stereocenters. The summed E-state index contributed by atoms with van der Waals surface area (Å²) in [5, 5.41) is 0. The maximum absolute atomic E-state index is 9.17. The zero-order valence-corrected chi connectivity index (χ0v) is 13.3. The standard InChI is InChI=1S/C13H16O.C3H6O.C2H6/c1-11-6-5-9-13(10-11)14-12-7-3-2-4-8-12;1-2-3-4;1-2/h2-3,5-6,9-10,12H,4,7-8H2,1H3;3H,2H2,1H3;1-2H3. The minimum atomic E-state index is 0.377. The number of hydrogen-bond acceptors (Lipinski definition) is 2. The molecule has 2 nitrogen and oxygen atoms in total. The molecule has 1 aliphatic rings. The fourth-order valence-electron chi connectivity index (χ4n) is 1.75. The van der Waals surface area contributed by atoms with Gasteiger partial charge in [-0.25, -0.2) is 0 Å². The molecule has 0 N–H and O–H groups in total. The molecule has 0 aliphatic heterocycles. The van der Waals surface area contributed by atoms with E-state index in [0.29, 0.717) is 12.5 Å². The van der Waals surface area contributed by atoms with Gasteiger partial charge >= 0.3 is 0 Å². The van der Waals surface area contributed by atoms with E-state index < -0.39 is 0 Å². The summed E-state index contributed by atoms with van der Waals surface area (Å²) in [7, 11) is 0. The van der Waals surface area contributed by atoms with Crippen LogP contribution in [0.15, 0.2) is 36.4 Å². The lowest BCUT2D eigenvalue weighted by Crippen LogP contribution is -2.17. The van der Waals surface area contributed by atoms with E-state index >= 15 is 0 Å². The molecule has 0 spiro atoms. The Hall–Kier alpha value is -1.57. The van der Waals surface area contributed by atoms with Gasteiger partial charge in [-0.3, -0.25) is 0 Å². The highest BCUT2D eigenvalue weighted by molar-refractivity contribution is 5.48. The molecule has 1 unspecified atom stereocenters. The van der Waals surface area contributed by atoms with Crippen molar-refractivity contribution in [3.63, 3.8) is 0 Å². The van der Waals surface area contributed by atoms with Crippen molar-refractivity contribution in [2.45, 2.75) is 59.5 Å². The number of benzene rings is 1. The van der Waals surface area contributed by atoms with Crippen LogP contribution in [0.5, 0.6) is 5.75 Å². The summed E-state index contributed by atoms with van der Waals surface area (Å²) in [6.07, 6.45) is 9.68. The zero-order chi connectivity index (χ0) is 15.2. The molecule has 2 rings (SSSR count). The van der Waals surface area contributed by atoms with Crippen LogP contribution in [0, 0.1) is 6.92 Å². The number of carbonyl (C=O) groups is 1. The van der Waals surface area contributed by atoms with Crippen molar-refractivity contribution in [2.75, 3.05) is 0 Å². The van der Waals surface area contributed by atoms with Crippen molar-refractivity contribution in [2.24, 2.45) is 0 Å². The minimum Gasteiger partial charge on any atom is -0.490 e. The highest BCUT2D eigenvalue weighted by Gasteiger charge is 2.10. The van der Waals surface area contributed by atoms with E-state index in [2.05, 4.69) is 31.2 Å². The summed E-state index contributed by atoms with van der Waals surface area (Å²) in [6, 6.07) is 8.26. The zero-order valence-electron chi connectivity index (χ0n) is 13.3. The molecule has 0 radical (unpaired) electrons. The first-order valence-electron chi connectivity index (χ1n) is 7.58. The normalized spacial score (nSPS) is 16.1. The first-order chi connectivity index (χ1) is 9.76. The Morgan fingerprint density at radius 2 is 2.00 bits per heavy atom. The molecule has 0 fully saturated rings. The van der Waals surface area contributed by atoms with Gasteiger partial charge < -0.3 is 9.53 Å². The van der Waals surface area contributed by atoms with Crippen LogP contribution in [0.3, 0.4) is 0 Å². The van der Waals surface area contributed by atoms with Crippen molar-refractivity contribution in [1.29, 1.82) is 0 Å². The first-order valence-corrected chi connectivity index (χ1v) is 7.58. The number of aldehydes is 1. The quantitative estimate of drug-likeness (QED) is 0.567. The Kier molecular flexibility index (Phi) is 11.5. The highest BCUT2D eigenvalue weighted by atomic mass is 16.5. The Morgan fingerprint density at radius 1 is 1.30 bits per heavy atom. The van der Waals surface area contributed by atoms with Crippen molar-refractivity contribution < 1.29 is 9.53 Å². The van der Waals surface area contributed by atoms with E-state index in [1.807, 2.05) is 32.9 Å². The second kappa shape index (κ2) is 12.5. The smallest absolute Gasteiger partial charge is 0.119 e. The Bertz CT molecular complexity index is 383. The summed E-state index contributed by atoms with van der Waals surface area (Å²) in [4.78, 5) is 9.17. The van der Waals surface area contributed by atoms with Gasteiger partial charge in [0.05, 0.1) is 0 Å². The molecular weight excluding hydrogens is 248 g/mol. The van der Waals surface area contributed by atoms with Gasteiger partial charge in [0.25, 0.3) is 0 Å². The topological polar surface area (TPSA) is 26.3 Å². The maximum atomic E-state index is 9.17. The molecule has 0 saturated carbocycles. The maximum Gasteiger partial charge on any atom is 0.119 e. The molecule has 1 aromatic carbocycles. The second-order valence-corrected chi connectivity index (χ2v) is 4.42. The van der Waals surface area contributed by atoms with E-state index in [-0.39, 0.29) is 0 Å². The third-order valence-electron chi connectivity index (χ3n) is 2.68. The molecule has 0 aromatic heterocycles. The Labute approximate surface area is 123 Å². The minimum absolute atomic E-state index is 0.377. The summed E-state index contributed by atoms with van der Waals surface area (Å²) < 4.78 is 5.88. The molecule has 1 aliphatic carbocycles. The van der Waals surface area contributed by atoms with Gasteiger partial charge in [-0.2, -0.15) is 0 Å². The van der Waals surface area contributed by atoms with Crippen LogP contribution in [0.2, 0.25) is 0 Å². The van der Waals surface area contributed by atoms with E-state index in [9.17, 15) is 4.79 Å². The summed E-state index contributed by atoms with van der Waals surface area (Å²) >= 11 is 0. The lowest BCUT2D eigenvalue weighted by atomic mass is 10.0. The number of hydrogen-bond donors (Lipinski definition) is 0. The number of carbonyl (C=O) groups excluding carboxylic acids is 1. The molecule has 2 heteroatoms. The molecule has 0 amide bonds. The fraction of sp³-hybridized carbons (Fsp3) is 0.500. The molecular formula is C18H28O2. The van der Waals surface area contributed by atoms with Crippen LogP contribution in [0.25, 0.3) is 0 Å². The number of rotatable bonds is 3.